The summed E-state index contributed by atoms with van der Waals surface area (Å²) >= 11 is 6.30. The maximum absolute atomic E-state index is 6.30. The summed E-state index contributed by atoms with van der Waals surface area (Å²) in [6.07, 6.45) is 0. The van der Waals surface area contributed by atoms with Crippen LogP contribution in [-0.4, -0.2) is 75.1 Å². The molecule has 0 fully saturated rings. The van der Waals surface area contributed by atoms with E-state index in [-0.39, 0.29) is 0 Å². The second-order valence-corrected chi connectivity index (χ2v) is 10.6. The molecule has 16 heavy (non-hydrogen) atoms. The molecule has 0 radical (unpaired) electrons. The largest absolute Gasteiger partial charge is 0.258 e. The fraction of sp³-hybridized carbons (Fsp3) is 1.00. The van der Waals surface area contributed by atoms with Gasteiger partial charge in [0.1, 0.15) is 0 Å². The van der Waals surface area contributed by atoms with Gasteiger partial charge in [-0.25, -0.2) is 4.52 Å². The van der Waals surface area contributed by atoms with E-state index in [9.17, 15) is 0 Å². The highest BCUT2D eigenvalue weighted by Crippen LogP contribution is 2.63. The Balaban J connectivity index is 5.53. The van der Waals surface area contributed by atoms with E-state index in [1.807, 2.05) is 61.1 Å². The number of rotatable bonds is 5. The number of nitrogens with zero attached hydrogens (tertiary/aromatic N) is 5. The molecule has 0 aliphatic heterocycles. The Kier molecular flexibility index (Phi) is 6.98. The van der Waals surface area contributed by atoms with Gasteiger partial charge < -0.3 is 0 Å². The zero-order chi connectivity index (χ0) is 13.1. The second-order valence-electron chi connectivity index (χ2n) is 4.26. The zero-order valence-corrected chi connectivity index (χ0v) is 14.1. The molecule has 0 saturated heterocycles. The highest BCUT2D eigenvalue weighted by atomic mass is 35.7. The molecule has 0 spiro atoms. The van der Waals surface area contributed by atoms with Crippen LogP contribution in [0.3, 0.4) is 0 Å². The zero-order valence-electron chi connectivity index (χ0n) is 11.5. The van der Waals surface area contributed by atoms with Gasteiger partial charge in [-0.3, -0.25) is 18.7 Å². The quantitative estimate of drug-likeness (QED) is 0.726. The average Bonchev–Trinajstić information content (AvgIpc) is 2.11. The molecule has 0 rings (SSSR count). The second kappa shape index (κ2) is 6.65. The number of hydrogen-bond acceptors (Lipinski definition) is 2. The fourth-order valence-corrected chi connectivity index (χ4v) is 7.81. The van der Waals surface area contributed by atoms with Crippen molar-refractivity contribution in [2.75, 3.05) is 56.4 Å². The van der Waals surface area contributed by atoms with Crippen molar-refractivity contribution < 1.29 is 0 Å². The van der Waals surface area contributed by atoms with E-state index >= 15 is 0 Å². The van der Waals surface area contributed by atoms with Gasteiger partial charge in [0.25, 0.3) is 0 Å². The summed E-state index contributed by atoms with van der Waals surface area (Å²) in [4.78, 5) is 0. The van der Waals surface area contributed by atoms with Crippen molar-refractivity contribution in [1.82, 2.24) is 18.7 Å². The molecule has 0 saturated carbocycles. The van der Waals surface area contributed by atoms with Crippen LogP contribution in [0.15, 0.2) is 4.52 Å². The highest BCUT2D eigenvalue weighted by molar-refractivity contribution is 7.85. The van der Waals surface area contributed by atoms with Crippen molar-refractivity contribution in [1.29, 1.82) is 0 Å². The molecule has 0 aromatic carbocycles. The van der Waals surface area contributed by atoms with Gasteiger partial charge in [-0.1, -0.05) is 11.2 Å². The smallest absolute Gasteiger partial charge is 0.189 e. The predicted molar refractivity (Wildman–Crippen MR) is 76.9 cm³/mol. The molecule has 8 heteroatoms. The fourth-order valence-electron chi connectivity index (χ4n) is 1.49. The third-order valence-electron chi connectivity index (χ3n) is 2.13. The van der Waals surface area contributed by atoms with Crippen molar-refractivity contribution >= 4 is 26.3 Å². The SMILES string of the molecule is CN(C)P(Cl)N=P(N(C)C)(N(C)C)N(C)C. The number of halogens is 1. The van der Waals surface area contributed by atoms with Gasteiger partial charge in [-0.05, 0) is 56.4 Å². The minimum Gasteiger partial charge on any atom is -0.258 e. The summed E-state index contributed by atoms with van der Waals surface area (Å²) < 4.78 is 13.3. The Morgan fingerprint density at radius 2 is 1.12 bits per heavy atom. The standard InChI is InChI=1S/C8H24ClN5P2/c1-11(2)15(9)10-16(12(3)4,13(5)6)14(7)8/h1-8H3. The Hall–Kier alpha value is 0.790. The molecule has 0 heterocycles. The van der Waals surface area contributed by atoms with Crippen LogP contribution < -0.4 is 0 Å². The van der Waals surface area contributed by atoms with Gasteiger partial charge in [0.15, 0.2) is 15.1 Å². The molecule has 1 atom stereocenters. The maximum atomic E-state index is 6.30. The van der Waals surface area contributed by atoms with Crippen molar-refractivity contribution in [2.45, 2.75) is 0 Å². The Morgan fingerprint density at radius 3 is 1.31 bits per heavy atom. The van der Waals surface area contributed by atoms with Gasteiger partial charge in [-0.15, -0.1) is 0 Å². The van der Waals surface area contributed by atoms with E-state index in [0.717, 1.165) is 0 Å². The molecule has 0 aliphatic rings. The van der Waals surface area contributed by atoms with E-state index in [1.165, 1.54) is 0 Å². The van der Waals surface area contributed by atoms with E-state index < -0.39 is 15.1 Å². The molecule has 0 aromatic rings. The van der Waals surface area contributed by atoms with Crippen molar-refractivity contribution in [3.8, 4) is 0 Å². The van der Waals surface area contributed by atoms with E-state index in [0.29, 0.717) is 0 Å². The first-order chi connectivity index (χ1) is 7.16. The van der Waals surface area contributed by atoms with Gasteiger partial charge >= 0.3 is 0 Å². The molecule has 5 nitrogen and oxygen atoms in total. The lowest BCUT2D eigenvalue weighted by Crippen LogP contribution is -2.30. The Morgan fingerprint density at radius 1 is 0.812 bits per heavy atom. The van der Waals surface area contributed by atoms with Crippen LogP contribution in [0.1, 0.15) is 0 Å². The molecular formula is C8H24ClN5P2. The van der Waals surface area contributed by atoms with Crippen LogP contribution in [0.5, 0.6) is 0 Å². The predicted octanol–water partition coefficient (Wildman–Crippen LogP) is 2.64. The molecule has 0 N–H and O–H groups in total. The summed E-state index contributed by atoms with van der Waals surface area (Å²) in [5.41, 5.74) is 0. The summed E-state index contributed by atoms with van der Waals surface area (Å²) in [7, 11) is 13.4. The van der Waals surface area contributed by atoms with Gasteiger partial charge in [-0.2, -0.15) is 0 Å². The van der Waals surface area contributed by atoms with Crippen molar-refractivity contribution in [3.05, 3.63) is 0 Å². The molecule has 0 bridgehead atoms. The molecule has 98 valence electrons. The monoisotopic (exact) mass is 287 g/mol. The third-order valence-corrected chi connectivity index (χ3v) is 9.08. The lowest BCUT2D eigenvalue weighted by atomic mass is 11.2. The van der Waals surface area contributed by atoms with Crippen molar-refractivity contribution in [2.24, 2.45) is 4.52 Å². The lowest BCUT2D eigenvalue weighted by molar-refractivity contribution is 0.475. The molecule has 0 aromatic heterocycles. The Bertz CT molecular complexity index is 239. The lowest BCUT2D eigenvalue weighted by Gasteiger charge is -2.41. The van der Waals surface area contributed by atoms with Crippen LogP contribution in [0.25, 0.3) is 0 Å². The summed E-state index contributed by atoms with van der Waals surface area (Å²) in [6.45, 7) is 0. The van der Waals surface area contributed by atoms with Gasteiger partial charge in [0.05, 0.1) is 0 Å². The molecule has 1 unspecified atom stereocenters. The average molecular weight is 288 g/mol. The minimum atomic E-state index is -1.84. The summed E-state index contributed by atoms with van der Waals surface area (Å²) in [6, 6.07) is 0. The van der Waals surface area contributed by atoms with E-state index in [1.54, 1.807) is 0 Å². The van der Waals surface area contributed by atoms with E-state index in [4.69, 9.17) is 15.8 Å². The van der Waals surface area contributed by atoms with Crippen LogP contribution in [0.4, 0.5) is 0 Å². The van der Waals surface area contributed by atoms with Crippen LogP contribution in [0.2, 0.25) is 0 Å². The first-order valence-electron chi connectivity index (χ1n) is 4.95. The number of hydrogen-bond donors (Lipinski definition) is 0. The van der Waals surface area contributed by atoms with Crippen LogP contribution >= 0.6 is 26.3 Å². The minimum absolute atomic E-state index is 0.970. The van der Waals surface area contributed by atoms with Crippen molar-refractivity contribution in [3.63, 3.8) is 0 Å². The first kappa shape index (κ1) is 16.8. The van der Waals surface area contributed by atoms with E-state index in [2.05, 4.69) is 14.0 Å². The van der Waals surface area contributed by atoms with Crippen LogP contribution in [-0.2, 0) is 0 Å². The topological polar surface area (TPSA) is 25.3 Å². The Labute approximate surface area is 106 Å². The maximum Gasteiger partial charge on any atom is 0.189 e. The van der Waals surface area contributed by atoms with Gasteiger partial charge in [0, 0.05) is 0 Å². The summed E-state index contributed by atoms with van der Waals surface area (Å²) in [5.74, 6) is 0. The van der Waals surface area contributed by atoms with Crippen LogP contribution in [0, 0.1) is 0 Å². The molecule has 0 amide bonds. The highest BCUT2D eigenvalue weighted by Gasteiger charge is 2.30. The normalized spacial score (nSPS) is 15.3. The molecule has 0 aliphatic carbocycles. The summed E-state index contributed by atoms with van der Waals surface area (Å²) in [5, 5.41) is 0. The first-order valence-corrected chi connectivity index (χ1v) is 8.70. The third kappa shape index (κ3) is 3.64. The molecular weight excluding hydrogens is 264 g/mol. The van der Waals surface area contributed by atoms with Gasteiger partial charge in [0.2, 0.25) is 0 Å².